The van der Waals surface area contributed by atoms with Crippen molar-refractivity contribution in [2.24, 2.45) is 0 Å². The molecule has 1 fully saturated rings. The number of rotatable bonds is 1. The van der Waals surface area contributed by atoms with Crippen molar-refractivity contribution in [3.8, 4) is 0 Å². The molecular formula is C11H14BrNO. The molecule has 1 aliphatic carbocycles. The molecule has 0 spiro atoms. The van der Waals surface area contributed by atoms with Gasteiger partial charge in [0, 0.05) is 10.7 Å². The molecular weight excluding hydrogens is 242 g/mol. The Bertz CT molecular complexity index is 304. The van der Waals surface area contributed by atoms with E-state index in [4.69, 9.17) is 0 Å². The second-order valence-corrected chi connectivity index (χ2v) is 4.87. The van der Waals surface area contributed by atoms with Crippen LogP contribution >= 0.6 is 15.9 Å². The highest BCUT2D eigenvalue weighted by Crippen LogP contribution is 2.35. The minimum Gasteiger partial charge on any atom is -0.384 e. The minimum absolute atomic E-state index is 0.668. The molecule has 1 aromatic heterocycles. The summed E-state index contributed by atoms with van der Waals surface area (Å²) in [6.45, 7) is 0. The lowest BCUT2D eigenvalue weighted by atomic mass is 9.82. The van der Waals surface area contributed by atoms with Crippen molar-refractivity contribution >= 4 is 15.9 Å². The van der Waals surface area contributed by atoms with Gasteiger partial charge in [-0.05, 0) is 40.9 Å². The largest absolute Gasteiger partial charge is 0.384 e. The maximum absolute atomic E-state index is 10.4. The molecule has 1 heterocycles. The van der Waals surface area contributed by atoms with E-state index in [1.165, 1.54) is 6.42 Å². The molecule has 0 aliphatic heterocycles. The average Bonchev–Trinajstić information content (AvgIpc) is 2.19. The molecule has 0 amide bonds. The third kappa shape index (κ3) is 1.98. The van der Waals surface area contributed by atoms with Crippen molar-refractivity contribution in [1.82, 2.24) is 4.98 Å². The first-order valence-electron chi connectivity index (χ1n) is 5.05. The van der Waals surface area contributed by atoms with Gasteiger partial charge in [0.15, 0.2) is 0 Å². The molecule has 0 atom stereocenters. The second kappa shape index (κ2) is 3.99. The molecule has 2 nitrogen and oxygen atoms in total. The van der Waals surface area contributed by atoms with Crippen LogP contribution in [0.2, 0.25) is 0 Å². The predicted octanol–water partition coefficient (Wildman–Crippen LogP) is 3.00. The lowest BCUT2D eigenvalue weighted by molar-refractivity contribution is -0.00464. The number of nitrogens with zero attached hydrogens (tertiary/aromatic N) is 1. The van der Waals surface area contributed by atoms with Crippen molar-refractivity contribution in [2.75, 3.05) is 0 Å². The van der Waals surface area contributed by atoms with E-state index in [1.54, 1.807) is 6.20 Å². The molecule has 0 saturated heterocycles. The zero-order chi connectivity index (χ0) is 10.0. The van der Waals surface area contributed by atoms with Crippen LogP contribution in [0.5, 0.6) is 0 Å². The monoisotopic (exact) mass is 255 g/mol. The molecule has 0 bridgehead atoms. The summed E-state index contributed by atoms with van der Waals surface area (Å²) in [5.41, 5.74) is 0.152. The molecule has 0 unspecified atom stereocenters. The Hall–Kier alpha value is -0.410. The van der Waals surface area contributed by atoms with E-state index >= 15 is 0 Å². The van der Waals surface area contributed by atoms with Crippen LogP contribution in [0.3, 0.4) is 0 Å². The van der Waals surface area contributed by atoms with Crippen LogP contribution in [-0.4, -0.2) is 10.1 Å². The first-order valence-corrected chi connectivity index (χ1v) is 5.84. The number of aromatic nitrogens is 1. The minimum atomic E-state index is -0.668. The van der Waals surface area contributed by atoms with E-state index in [-0.39, 0.29) is 0 Å². The van der Waals surface area contributed by atoms with Gasteiger partial charge in [-0.3, -0.25) is 4.98 Å². The number of aliphatic hydroxyl groups is 1. The van der Waals surface area contributed by atoms with Crippen LogP contribution in [0, 0.1) is 0 Å². The van der Waals surface area contributed by atoms with E-state index in [0.29, 0.717) is 0 Å². The summed E-state index contributed by atoms with van der Waals surface area (Å²) in [6.07, 6.45) is 6.90. The molecule has 76 valence electrons. The molecule has 1 saturated carbocycles. The standard InChI is InChI=1S/C11H14BrNO/c12-9-4-5-10(13-8-9)11(14)6-2-1-3-7-11/h4-5,8,14H,1-3,6-7H2. The van der Waals surface area contributed by atoms with Crippen LogP contribution in [-0.2, 0) is 5.60 Å². The van der Waals surface area contributed by atoms with Crippen LogP contribution in [0.4, 0.5) is 0 Å². The third-order valence-corrected chi connectivity index (χ3v) is 3.35. The first-order chi connectivity index (χ1) is 6.71. The highest BCUT2D eigenvalue weighted by molar-refractivity contribution is 9.10. The smallest absolute Gasteiger partial charge is 0.106 e. The highest BCUT2D eigenvalue weighted by atomic mass is 79.9. The van der Waals surface area contributed by atoms with Gasteiger partial charge in [-0.25, -0.2) is 0 Å². The second-order valence-electron chi connectivity index (χ2n) is 3.95. The predicted molar refractivity (Wildman–Crippen MR) is 58.9 cm³/mol. The molecule has 1 aliphatic rings. The Labute approximate surface area is 92.5 Å². The Morgan fingerprint density at radius 3 is 2.50 bits per heavy atom. The van der Waals surface area contributed by atoms with E-state index in [2.05, 4.69) is 20.9 Å². The summed E-state index contributed by atoms with van der Waals surface area (Å²) in [7, 11) is 0. The molecule has 1 N–H and O–H groups in total. The fourth-order valence-electron chi connectivity index (χ4n) is 2.04. The van der Waals surface area contributed by atoms with E-state index < -0.39 is 5.60 Å². The van der Waals surface area contributed by atoms with Crippen LogP contribution in [0.25, 0.3) is 0 Å². The van der Waals surface area contributed by atoms with E-state index in [1.807, 2.05) is 12.1 Å². The molecule has 1 aromatic rings. The summed E-state index contributed by atoms with van der Waals surface area (Å²) in [5.74, 6) is 0. The summed E-state index contributed by atoms with van der Waals surface area (Å²) in [6, 6.07) is 3.85. The Kier molecular flexibility index (Phi) is 2.88. The Balaban J connectivity index is 2.23. The van der Waals surface area contributed by atoms with Crippen molar-refractivity contribution in [3.05, 3.63) is 28.5 Å². The van der Waals surface area contributed by atoms with Crippen LogP contribution in [0.1, 0.15) is 37.8 Å². The SMILES string of the molecule is OC1(c2ccc(Br)cn2)CCCCC1. The van der Waals surface area contributed by atoms with Crippen molar-refractivity contribution < 1.29 is 5.11 Å². The van der Waals surface area contributed by atoms with Gasteiger partial charge in [0.05, 0.1) is 5.69 Å². The quantitative estimate of drug-likeness (QED) is 0.837. The molecule has 2 rings (SSSR count). The van der Waals surface area contributed by atoms with Gasteiger partial charge in [0.25, 0.3) is 0 Å². The van der Waals surface area contributed by atoms with E-state index in [9.17, 15) is 5.11 Å². The lowest BCUT2D eigenvalue weighted by Crippen LogP contribution is -2.29. The summed E-state index contributed by atoms with van der Waals surface area (Å²) in [4.78, 5) is 4.28. The number of halogens is 1. The van der Waals surface area contributed by atoms with Gasteiger partial charge in [-0.15, -0.1) is 0 Å². The summed E-state index contributed by atoms with van der Waals surface area (Å²) < 4.78 is 0.959. The molecule has 14 heavy (non-hydrogen) atoms. The van der Waals surface area contributed by atoms with Crippen LogP contribution < -0.4 is 0 Å². The van der Waals surface area contributed by atoms with Crippen molar-refractivity contribution in [1.29, 1.82) is 0 Å². The van der Waals surface area contributed by atoms with Gasteiger partial charge in [-0.1, -0.05) is 19.3 Å². The van der Waals surface area contributed by atoms with Crippen molar-refractivity contribution in [3.63, 3.8) is 0 Å². The lowest BCUT2D eigenvalue weighted by Gasteiger charge is -2.31. The van der Waals surface area contributed by atoms with Crippen molar-refractivity contribution in [2.45, 2.75) is 37.7 Å². The number of pyridine rings is 1. The normalized spacial score (nSPS) is 20.7. The Morgan fingerprint density at radius 2 is 1.93 bits per heavy atom. The van der Waals surface area contributed by atoms with Crippen LogP contribution in [0.15, 0.2) is 22.8 Å². The number of hydrogen-bond acceptors (Lipinski definition) is 2. The van der Waals surface area contributed by atoms with Gasteiger partial charge in [0.1, 0.15) is 5.60 Å². The summed E-state index contributed by atoms with van der Waals surface area (Å²) in [5, 5.41) is 10.4. The fourth-order valence-corrected chi connectivity index (χ4v) is 2.28. The van der Waals surface area contributed by atoms with E-state index in [0.717, 1.165) is 35.8 Å². The van der Waals surface area contributed by atoms with Gasteiger partial charge >= 0.3 is 0 Å². The molecule has 0 aromatic carbocycles. The molecule has 0 radical (unpaired) electrons. The van der Waals surface area contributed by atoms with Gasteiger partial charge < -0.3 is 5.11 Å². The highest BCUT2D eigenvalue weighted by Gasteiger charge is 2.32. The first kappa shape index (κ1) is 10.1. The fraction of sp³-hybridized carbons (Fsp3) is 0.545. The average molecular weight is 256 g/mol. The zero-order valence-corrected chi connectivity index (χ0v) is 9.63. The zero-order valence-electron chi connectivity index (χ0n) is 8.04. The molecule has 3 heteroatoms. The third-order valence-electron chi connectivity index (χ3n) is 2.88. The number of hydrogen-bond donors (Lipinski definition) is 1. The maximum atomic E-state index is 10.4. The maximum Gasteiger partial charge on any atom is 0.106 e. The Morgan fingerprint density at radius 1 is 1.21 bits per heavy atom. The topological polar surface area (TPSA) is 33.1 Å². The van der Waals surface area contributed by atoms with Gasteiger partial charge in [-0.2, -0.15) is 0 Å². The summed E-state index contributed by atoms with van der Waals surface area (Å²) >= 11 is 3.34. The van der Waals surface area contributed by atoms with Gasteiger partial charge in [0.2, 0.25) is 0 Å².